The summed E-state index contributed by atoms with van der Waals surface area (Å²) >= 11 is 0.745. The van der Waals surface area contributed by atoms with Crippen LogP contribution in [-0.2, 0) is 4.79 Å². The molecule has 0 saturated carbocycles. The van der Waals surface area contributed by atoms with Gasteiger partial charge in [0, 0.05) is 17.7 Å². The number of para-hydroxylation sites is 1. The highest BCUT2D eigenvalue weighted by atomic mass is 32.2. The van der Waals surface area contributed by atoms with E-state index in [2.05, 4.69) is 0 Å². The number of imide groups is 1. The molecule has 0 spiro atoms. The van der Waals surface area contributed by atoms with Gasteiger partial charge in [0.1, 0.15) is 0 Å². The maximum atomic E-state index is 12.1. The Balaban J connectivity index is 2.42. The van der Waals surface area contributed by atoms with Gasteiger partial charge in [-0.25, -0.2) is 0 Å². The molecule has 0 aromatic heterocycles. The maximum Gasteiger partial charge on any atom is 0.311 e. The molecule has 1 aromatic carbocycles. The molecule has 2 rings (SSSR count). The Hall–Kier alpha value is -2.35. The zero-order chi connectivity index (χ0) is 15.7. The predicted octanol–water partition coefficient (Wildman–Crippen LogP) is 2.75. The average Bonchev–Trinajstić information content (AvgIpc) is 2.66. The molecule has 0 aliphatic carbocycles. The summed E-state index contributed by atoms with van der Waals surface area (Å²) in [4.78, 5) is 35.1. The lowest BCUT2D eigenvalue weighted by molar-refractivity contribution is -0.385. The van der Waals surface area contributed by atoms with E-state index < -0.39 is 27.5 Å². The molecule has 21 heavy (non-hydrogen) atoms. The Morgan fingerprint density at radius 3 is 2.57 bits per heavy atom. The van der Waals surface area contributed by atoms with Crippen LogP contribution in [0.3, 0.4) is 0 Å². The molecule has 110 valence electrons. The number of nitrogens with zero attached hydrogens (tertiary/aromatic N) is 2. The lowest BCUT2D eigenvalue weighted by Gasteiger charge is -2.16. The van der Waals surface area contributed by atoms with E-state index in [0.29, 0.717) is 0 Å². The largest absolute Gasteiger partial charge is 0.502 e. The second-order valence-electron chi connectivity index (χ2n) is 4.62. The van der Waals surface area contributed by atoms with Crippen LogP contribution in [0, 0.1) is 10.1 Å². The minimum atomic E-state index is -0.716. The molecule has 0 unspecified atom stereocenters. The summed E-state index contributed by atoms with van der Waals surface area (Å²) in [5.74, 6) is -0.996. The first-order valence-electron chi connectivity index (χ1n) is 6.06. The van der Waals surface area contributed by atoms with Crippen LogP contribution in [0.1, 0.15) is 19.4 Å². The monoisotopic (exact) mass is 308 g/mol. The Labute approximate surface area is 124 Å². The Morgan fingerprint density at radius 1 is 1.38 bits per heavy atom. The van der Waals surface area contributed by atoms with Crippen LogP contribution in [0.5, 0.6) is 5.75 Å². The smallest absolute Gasteiger partial charge is 0.311 e. The third kappa shape index (κ3) is 2.75. The van der Waals surface area contributed by atoms with Gasteiger partial charge in [-0.1, -0.05) is 12.1 Å². The summed E-state index contributed by atoms with van der Waals surface area (Å²) in [5, 5.41) is 20.2. The number of aromatic hydroxyl groups is 1. The fourth-order valence-corrected chi connectivity index (χ4v) is 2.83. The van der Waals surface area contributed by atoms with Gasteiger partial charge in [-0.05, 0) is 31.7 Å². The number of hydrogen-bond acceptors (Lipinski definition) is 6. The number of carbonyl (C=O) groups is 2. The summed E-state index contributed by atoms with van der Waals surface area (Å²) in [6, 6.07) is 3.72. The molecular weight excluding hydrogens is 296 g/mol. The van der Waals surface area contributed by atoms with Crippen molar-refractivity contribution in [1.82, 2.24) is 4.90 Å². The van der Waals surface area contributed by atoms with E-state index in [1.165, 1.54) is 18.2 Å². The van der Waals surface area contributed by atoms with Crippen molar-refractivity contribution in [2.24, 2.45) is 0 Å². The standard InChI is InChI=1S/C13H12N2O5S/c1-7(2)14-12(17)10(21-13(14)18)6-8-4-3-5-9(11(8)16)15(19)20/h3-7,16H,1-2H3/b10-6+. The number of amides is 2. The van der Waals surface area contributed by atoms with Crippen LogP contribution < -0.4 is 0 Å². The zero-order valence-corrected chi connectivity index (χ0v) is 12.1. The van der Waals surface area contributed by atoms with Crippen LogP contribution in [0.4, 0.5) is 10.5 Å². The summed E-state index contributed by atoms with van der Waals surface area (Å²) in [5.41, 5.74) is -0.328. The van der Waals surface area contributed by atoms with Crippen LogP contribution >= 0.6 is 11.8 Å². The van der Waals surface area contributed by atoms with Gasteiger partial charge in [-0.15, -0.1) is 0 Å². The van der Waals surface area contributed by atoms with Crippen LogP contribution in [0.25, 0.3) is 6.08 Å². The highest BCUT2D eigenvalue weighted by Gasteiger charge is 2.36. The second-order valence-corrected chi connectivity index (χ2v) is 5.61. The van der Waals surface area contributed by atoms with E-state index in [-0.39, 0.29) is 16.5 Å². The molecular formula is C13H12N2O5S. The van der Waals surface area contributed by atoms with E-state index in [4.69, 9.17) is 0 Å². The van der Waals surface area contributed by atoms with E-state index in [0.717, 1.165) is 22.7 Å². The van der Waals surface area contributed by atoms with Crippen LogP contribution in [0.2, 0.25) is 0 Å². The van der Waals surface area contributed by atoms with E-state index in [9.17, 15) is 24.8 Å². The number of nitro benzene ring substituents is 1. The van der Waals surface area contributed by atoms with Crippen molar-refractivity contribution in [1.29, 1.82) is 0 Å². The molecule has 1 aromatic rings. The van der Waals surface area contributed by atoms with Crippen molar-refractivity contribution < 1.29 is 19.6 Å². The fourth-order valence-electron chi connectivity index (χ4n) is 1.88. The van der Waals surface area contributed by atoms with Gasteiger partial charge in [-0.2, -0.15) is 0 Å². The highest BCUT2D eigenvalue weighted by Crippen LogP contribution is 2.37. The zero-order valence-electron chi connectivity index (χ0n) is 11.3. The van der Waals surface area contributed by atoms with Crippen molar-refractivity contribution in [2.45, 2.75) is 19.9 Å². The summed E-state index contributed by atoms with van der Waals surface area (Å²) in [7, 11) is 0. The molecule has 0 atom stereocenters. The first kappa shape index (κ1) is 15.0. The molecule has 0 bridgehead atoms. The quantitative estimate of drug-likeness (QED) is 0.523. The molecule has 1 saturated heterocycles. The van der Waals surface area contributed by atoms with Crippen molar-refractivity contribution >= 4 is 34.7 Å². The minimum absolute atomic E-state index is 0.124. The van der Waals surface area contributed by atoms with Gasteiger partial charge >= 0.3 is 5.69 Å². The molecule has 2 amide bonds. The number of nitro groups is 1. The van der Waals surface area contributed by atoms with E-state index in [1.807, 2.05) is 0 Å². The molecule has 1 N–H and O–H groups in total. The first-order valence-corrected chi connectivity index (χ1v) is 6.88. The number of rotatable bonds is 3. The number of phenols is 1. The van der Waals surface area contributed by atoms with E-state index in [1.54, 1.807) is 13.8 Å². The van der Waals surface area contributed by atoms with Gasteiger partial charge in [-0.3, -0.25) is 24.6 Å². The van der Waals surface area contributed by atoms with Gasteiger partial charge in [0.05, 0.1) is 9.83 Å². The Kier molecular flexibility index (Phi) is 3.99. The first-order chi connectivity index (χ1) is 9.82. The lowest BCUT2D eigenvalue weighted by Crippen LogP contribution is -2.34. The molecule has 1 fully saturated rings. The summed E-state index contributed by atoms with van der Waals surface area (Å²) in [6.07, 6.45) is 1.29. The average molecular weight is 308 g/mol. The molecule has 7 nitrogen and oxygen atoms in total. The third-order valence-electron chi connectivity index (χ3n) is 2.87. The molecule has 1 aliphatic rings. The normalized spacial score (nSPS) is 17.1. The van der Waals surface area contributed by atoms with Gasteiger partial charge in [0.2, 0.25) is 5.75 Å². The van der Waals surface area contributed by atoms with Crippen molar-refractivity contribution in [2.75, 3.05) is 0 Å². The van der Waals surface area contributed by atoms with Crippen molar-refractivity contribution in [3.8, 4) is 5.75 Å². The molecule has 1 heterocycles. The Morgan fingerprint density at radius 2 is 2.05 bits per heavy atom. The maximum absolute atomic E-state index is 12.1. The number of carbonyl (C=O) groups excluding carboxylic acids is 2. The summed E-state index contributed by atoms with van der Waals surface area (Å²) < 4.78 is 0. The number of phenolic OH excluding ortho intramolecular Hbond substituents is 1. The highest BCUT2D eigenvalue weighted by molar-refractivity contribution is 8.18. The molecule has 8 heteroatoms. The number of benzene rings is 1. The lowest BCUT2D eigenvalue weighted by atomic mass is 10.1. The predicted molar refractivity (Wildman–Crippen MR) is 77.7 cm³/mol. The SMILES string of the molecule is CC(C)N1C(=O)S/C(=C/c2cccc([N+](=O)[O-])c2O)C1=O. The molecule has 0 radical (unpaired) electrons. The van der Waals surface area contributed by atoms with E-state index >= 15 is 0 Å². The topological polar surface area (TPSA) is 101 Å². The van der Waals surface area contributed by atoms with Crippen molar-refractivity contribution in [3.05, 3.63) is 38.8 Å². The van der Waals surface area contributed by atoms with Gasteiger partial charge in [0.15, 0.2) is 0 Å². The third-order valence-corrected chi connectivity index (χ3v) is 3.75. The van der Waals surface area contributed by atoms with Crippen LogP contribution in [0.15, 0.2) is 23.1 Å². The van der Waals surface area contributed by atoms with Gasteiger partial charge < -0.3 is 5.11 Å². The molecule has 1 aliphatic heterocycles. The minimum Gasteiger partial charge on any atom is -0.502 e. The summed E-state index contributed by atoms with van der Waals surface area (Å²) in [6.45, 7) is 3.42. The Bertz CT molecular complexity index is 669. The van der Waals surface area contributed by atoms with Crippen LogP contribution in [-0.4, -0.2) is 32.1 Å². The van der Waals surface area contributed by atoms with Gasteiger partial charge in [0.25, 0.3) is 11.1 Å². The fraction of sp³-hybridized carbons (Fsp3) is 0.231. The number of thioether (sulfide) groups is 1. The number of hydrogen-bond donors (Lipinski definition) is 1. The van der Waals surface area contributed by atoms with Crippen molar-refractivity contribution in [3.63, 3.8) is 0 Å². The second kappa shape index (κ2) is 5.57.